The second kappa shape index (κ2) is 6.01. The minimum atomic E-state index is 0.191. The SMILES string of the molecule is NC(CCC1CCCCO1)Cc1ncc[nH]1. The number of ether oxygens (including phenoxy) is 1. The van der Waals surface area contributed by atoms with Crippen molar-refractivity contribution in [3.05, 3.63) is 18.2 Å². The molecule has 1 aromatic heterocycles. The van der Waals surface area contributed by atoms with E-state index in [0.29, 0.717) is 6.10 Å². The van der Waals surface area contributed by atoms with Crippen LogP contribution in [-0.2, 0) is 11.2 Å². The highest BCUT2D eigenvalue weighted by molar-refractivity contribution is 4.90. The van der Waals surface area contributed by atoms with Crippen LogP contribution in [0.25, 0.3) is 0 Å². The standard InChI is InChI=1S/C12H21N3O/c13-10(9-12-14-6-7-15-12)4-5-11-3-1-2-8-16-11/h6-7,10-11H,1-5,8-9,13H2,(H,14,15). The second-order valence-corrected chi connectivity index (χ2v) is 4.57. The maximum Gasteiger partial charge on any atom is 0.107 e. The molecule has 2 heterocycles. The Balaban J connectivity index is 1.65. The van der Waals surface area contributed by atoms with Crippen LogP contribution in [0, 0.1) is 0 Å². The summed E-state index contributed by atoms with van der Waals surface area (Å²) in [6.07, 6.45) is 10.7. The molecule has 90 valence electrons. The molecule has 0 saturated carbocycles. The molecule has 2 rings (SSSR count). The monoisotopic (exact) mass is 223 g/mol. The third-order valence-electron chi connectivity index (χ3n) is 3.14. The normalized spacial score (nSPS) is 23.2. The van der Waals surface area contributed by atoms with E-state index >= 15 is 0 Å². The lowest BCUT2D eigenvalue weighted by molar-refractivity contribution is 0.00913. The first kappa shape index (κ1) is 11.6. The minimum Gasteiger partial charge on any atom is -0.378 e. The quantitative estimate of drug-likeness (QED) is 0.797. The van der Waals surface area contributed by atoms with Gasteiger partial charge in [0.1, 0.15) is 5.82 Å². The fourth-order valence-electron chi connectivity index (χ4n) is 2.20. The highest BCUT2D eigenvalue weighted by Gasteiger charge is 2.15. The largest absolute Gasteiger partial charge is 0.378 e. The van der Waals surface area contributed by atoms with Gasteiger partial charge in [-0.15, -0.1) is 0 Å². The van der Waals surface area contributed by atoms with E-state index in [9.17, 15) is 0 Å². The number of aromatic amines is 1. The molecule has 4 heteroatoms. The fourth-order valence-corrected chi connectivity index (χ4v) is 2.20. The highest BCUT2D eigenvalue weighted by atomic mass is 16.5. The molecule has 1 saturated heterocycles. The molecule has 16 heavy (non-hydrogen) atoms. The van der Waals surface area contributed by atoms with Crippen LogP contribution < -0.4 is 5.73 Å². The molecule has 0 bridgehead atoms. The molecule has 2 atom stereocenters. The first-order valence-corrected chi connectivity index (χ1v) is 6.20. The van der Waals surface area contributed by atoms with E-state index in [2.05, 4.69) is 9.97 Å². The molecule has 1 fully saturated rings. The Labute approximate surface area is 96.6 Å². The zero-order valence-corrected chi connectivity index (χ0v) is 9.69. The summed E-state index contributed by atoms with van der Waals surface area (Å²) in [5, 5.41) is 0. The second-order valence-electron chi connectivity index (χ2n) is 4.57. The van der Waals surface area contributed by atoms with E-state index in [1.807, 2.05) is 6.20 Å². The average molecular weight is 223 g/mol. The van der Waals surface area contributed by atoms with Gasteiger partial charge >= 0.3 is 0 Å². The molecule has 0 spiro atoms. The van der Waals surface area contributed by atoms with Crippen molar-refractivity contribution in [2.75, 3.05) is 6.61 Å². The first-order chi connectivity index (χ1) is 7.84. The van der Waals surface area contributed by atoms with E-state index < -0.39 is 0 Å². The Hall–Kier alpha value is -0.870. The van der Waals surface area contributed by atoms with Crippen molar-refractivity contribution in [1.29, 1.82) is 0 Å². The molecule has 0 aromatic carbocycles. The summed E-state index contributed by atoms with van der Waals surface area (Å²) in [4.78, 5) is 7.27. The van der Waals surface area contributed by atoms with Crippen LogP contribution in [0.5, 0.6) is 0 Å². The Morgan fingerprint density at radius 3 is 3.19 bits per heavy atom. The third-order valence-corrected chi connectivity index (χ3v) is 3.14. The van der Waals surface area contributed by atoms with Crippen molar-refractivity contribution in [2.45, 2.75) is 50.7 Å². The number of nitrogens with two attached hydrogens (primary N) is 1. The van der Waals surface area contributed by atoms with E-state index in [1.54, 1.807) is 6.20 Å². The van der Waals surface area contributed by atoms with Crippen molar-refractivity contribution in [3.63, 3.8) is 0 Å². The van der Waals surface area contributed by atoms with E-state index in [1.165, 1.54) is 19.3 Å². The number of nitrogens with zero attached hydrogens (tertiary/aromatic N) is 1. The van der Waals surface area contributed by atoms with Gasteiger partial charge < -0.3 is 15.5 Å². The van der Waals surface area contributed by atoms with Gasteiger partial charge in [-0.3, -0.25) is 0 Å². The number of rotatable bonds is 5. The Kier molecular flexibility index (Phi) is 4.36. The number of H-pyrrole nitrogens is 1. The lowest BCUT2D eigenvalue weighted by atomic mass is 10.0. The summed E-state index contributed by atoms with van der Waals surface area (Å²) in [6, 6.07) is 0.191. The van der Waals surface area contributed by atoms with Gasteiger partial charge in [-0.25, -0.2) is 4.98 Å². The van der Waals surface area contributed by atoms with Gasteiger partial charge in [-0.2, -0.15) is 0 Å². The Morgan fingerprint density at radius 1 is 1.56 bits per heavy atom. The average Bonchev–Trinajstić information content (AvgIpc) is 2.81. The van der Waals surface area contributed by atoms with Gasteiger partial charge in [0.05, 0.1) is 6.10 Å². The van der Waals surface area contributed by atoms with Crippen LogP contribution in [-0.4, -0.2) is 28.7 Å². The molecule has 0 radical (unpaired) electrons. The van der Waals surface area contributed by atoms with Crippen molar-refractivity contribution >= 4 is 0 Å². The van der Waals surface area contributed by atoms with Gasteiger partial charge in [-0.05, 0) is 32.1 Å². The van der Waals surface area contributed by atoms with Gasteiger partial charge in [0.15, 0.2) is 0 Å². The molecule has 1 aliphatic heterocycles. The Morgan fingerprint density at radius 2 is 2.50 bits per heavy atom. The number of hydrogen-bond acceptors (Lipinski definition) is 3. The molecule has 0 aliphatic carbocycles. The number of hydrogen-bond donors (Lipinski definition) is 2. The summed E-state index contributed by atoms with van der Waals surface area (Å²) in [5.74, 6) is 0.983. The zero-order chi connectivity index (χ0) is 11.2. The van der Waals surface area contributed by atoms with Crippen molar-refractivity contribution in [3.8, 4) is 0 Å². The molecular weight excluding hydrogens is 202 g/mol. The van der Waals surface area contributed by atoms with Crippen LogP contribution in [0.4, 0.5) is 0 Å². The smallest absolute Gasteiger partial charge is 0.107 e. The topological polar surface area (TPSA) is 63.9 Å². The lowest BCUT2D eigenvalue weighted by Crippen LogP contribution is -2.27. The molecule has 2 unspecified atom stereocenters. The van der Waals surface area contributed by atoms with Crippen molar-refractivity contribution in [1.82, 2.24) is 9.97 Å². The van der Waals surface area contributed by atoms with Crippen LogP contribution in [0.3, 0.4) is 0 Å². The van der Waals surface area contributed by atoms with E-state index in [4.69, 9.17) is 10.5 Å². The van der Waals surface area contributed by atoms with Crippen LogP contribution in [0.1, 0.15) is 37.9 Å². The van der Waals surface area contributed by atoms with E-state index in [0.717, 1.165) is 31.7 Å². The predicted molar refractivity (Wildman–Crippen MR) is 63.1 cm³/mol. The molecular formula is C12H21N3O. The first-order valence-electron chi connectivity index (χ1n) is 6.20. The predicted octanol–water partition coefficient (Wildman–Crippen LogP) is 1.63. The van der Waals surface area contributed by atoms with Crippen LogP contribution in [0.15, 0.2) is 12.4 Å². The van der Waals surface area contributed by atoms with Gasteiger partial charge in [0.25, 0.3) is 0 Å². The molecule has 3 N–H and O–H groups in total. The number of imidazole rings is 1. The van der Waals surface area contributed by atoms with E-state index in [-0.39, 0.29) is 6.04 Å². The summed E-state index contributed by atoms with van der Waals surface area (Å²) in [6.45, 7) is 0.929. The van der Waals surface area contributed by atoms with Crippen molar-refractivity contribution in [2.24, 2.45) is 5.73 Å². The highest BCUT2D eigenvalue weighted by Crippen LogP contribution is 2.17. The zero-order valence-electron chi connectivity index (χ0n) is 9.69. The third kappa shape index (κ3) is 3.61. The summed E-state index contributed by atoms with van der Waals surface area (Å²) < 4.78 is 5.68. The molecule has 1 aliphatic rings. The maximum atomic E-state index is 6.07. The van der Waals surface area contributed by atoms with Gasteiger partial charge in [-0.1, -0.05) is 0 Å². The van der Waals surface area contributed by atoms with Crippen molar-refractivity contribution < 1.29 is 4.74 Å². The Bertz CT molecular complexity index is 280. The number of aromatic nitrogens is 2. The summed E-state index contributed by atoms with van der Waals surface area (Å²) in [7, 11) is 0. The summed E-state index contributed by atoms with van der Waals surface area (Å²) in [5.41, 5.74) is 6.07. The van der Waals surface area contributed by atoms with Gasteiger partial charge in [0, 0.05) is 31.5 Å². The molecule has 4 nitrogen and oxygen atoms in total. The van der Waals surface area contributed by atoms with Crippen LogP contribution >= 0.6 is 0 Å². The van der Waals surface area contributed by atoms with Crippen LogP contribution in [0.2, 0.25) is 0 Å². The molecule has 1 aromatic rings. The molecule has 0 amide bonds. The lowest BCUT2D eigenvalue weighted by Gasteiger charge is -2.23. The minimum absolute atomic E-state index is 0.191. The summed E-state index contributed by atoms with van der Waals surface area (Å²) >= 11 is 0. The maximum absolute atomic E-state index is 6.07. The fraction of sp³-hybridized carbons (Fsp3) is 0.750. The van der Waals surface area contributed by atoms with Gasteiger partial charge in [0.2, 0.25) is 0 Å². The number of nitrogens with one attached hydrogen (secondary N) is 1.